The highest BCUT2D eigenvalue weighted by Gasteiger charge is 2.18. The Balaban J connectivity index is 1.62. The van der Waals surface area contributed by atoms with Crippen LogP contribution in [0.4, 0.5) is 4.39 Å². The maximum absolute atomic E-state index is 13.2. The zero-order valence-corrected chi connectivity index (χ0v) is 15.2. The molecule has 6 heteroatoms. The molecular formula is C21H20FNO4. The van der Waals surface area contributed by atoms with Gasteiger partial charge < -0.3 is 13.7 Å². The van der Waals surface area contributed by atoms with Crippen molar-refractivity contribution in [2.75, 3.05) is 6.61 Å². The van der Waals surface area contributed by atoms with Crippen LogP contribution in [0.2, 0.25) is 0 Å². The summed E-state index contributed by atoms with van der Waals surface area (Å²) in [5.74, 6) is -0.475. The van der Waals surface area contributed by atoms with Crippen LogP contribution in [0, 0.1) is 19.7 Å². The number of carbonyl (C=O) groups excluding carboxylic acids is 2. The van der Waals surface area contributed by atoms with Gasteiger partial charge in [-0.3, -0.25) is 9.59 Å². The first-order chi connectivity index (χ1) is 12.9. The first kappa shape index (κ1) is 18.6. The minimum absolute atomic E-state index is 0.0808. The van der Waals surface area contributed by atoms with E-state index in [4.69, 9.17) is 9.15 Å². The second-order valence-corrected chi connectivity index (χ2v) is 6.34. The van der Waals surface area contributed by atoms with Crippen LogP contribution in [0.15, 0.2) is 53.1 Å². The number of benzene rings is 1. The number of rotatable bonds is 7. The lowest BCUT2D eigenvalue weighted by Crippen LogP contribution is -2.16. The van der Waals surface area contributed by atoms with Crippen molar-refractivity contribution in [3.63, 3.8) is 0 Å². The Morgan fingerprint density at radius 3 is 2.67 bits per heavy atom. The summed E-state index contributed by atoms with van der Waals surface area (Å²) in [6, 6.07) is 11.2. The van der Waals surface area contributed by atoms with Crippen molar-refractivity contribution in [2.24, 2.45) is 0 Å². The molecule has 0 atom stereocenters. The second kappa shape index (κ2) is 8.03. The summed E-state index contributed by atoms with van der Waals surface area (Å²) in [5, 5.41) is 0. The topological polar surface area (TPSA) is 61.4 Å². The number of furan rings is 1. The van der Waals surface area contributed by atoms with E-state index in [0.29, 0.717) is 17.7 Å². The predicted molar refractivity (Wildman–Crippen MR) is 97.1 cm³/mol. The van der Waals surface area contributed by atoms with Crippen LogP contribution in [0.25, 0.3) is 0 Å². The fraction of sp³-hybridized carbons (Fsp3) is 0.238. The summed E-state index contributed by atoms with van der Waals surface area (Å²) < 4.78 is 25.6. The lowest BCUT2D eigenvalue weighted by molar-refractivity contribution is -0.141. The Labute approximate surface area is 156 Å². The van der Waals surface area contributed by atoms with Crippen molar-refractivity contribution in [3.8, 4) is 0 Å². The first-order valence-electron chi connectivity index (χ1n) is 8.56. The fourth-order valence-corrected chi connectivity index (χ4v) is 2.97. The van der Waals surface area contributed by atoms with E-state index in [1.54, 1.807) is 18.4 Å². The first-order valence-corrected chi connectivity index (χ1v) is 8.56. The van der Waals surface area contributed by atoms with Gasteiger partial charge >= 0.3 is 5.97 Å². The molecule has 2 heterocycles. The van der Waals surface area contributed by atoms with E-state index in [2.05, 4.69) is 0 Å². The molecule has 140 valence electrons. The molecular weight excluding hydrogens is 349 g/mol. The van der Waals surface area contributed by atoms with Gasteiger partial charge in [0.05, 0.1) is 19.2 Å². The number of aromatic nitrogens is 1. The molecule has 27 heavy (non-hydrogen) atoms. The van der Waals surface area contributed by atoms with Gasteiger partial charge in [-0.15, -0.1) is 0 Å². The maximum atomic E-state index is 13.2. The number of halogens is 1. The van der Waals surface area contributed by atoms with Crippen LogP contribution >= 0.6 is 0 Å². The third kappa shape index (κ3) is 4.53. The van der Waals surface area contributed by atoms with E-state index in [-0.39, 0.29) is 18.8 Å². The zero-order valence-electron chi connectivity index (χ0n) is 15.2. The van der Waals surface area contributed by atoms with E-state index < -0.39 is 11.8 Å². The van der Waals surface area contributed by atoms with Gasteiger partial charge in [0.25, 0.3) is 0 Å². The fourth-order valence-electron chi connectivity index (χ4n) is 2.97. The Kier molecular flexibility index (Phi) is 5.54. The molecule has 0 spiro atoms. The summed E-state index contributed by atoms with van der Waals surface area (Å²) in [7, 11) is 0. The Morgan fingerprint density at radius 1 is 1.15 bits per heavy atom. The number of ketones is 1. The van der Waals surface area contributed by atoms with Gasteiger partial charge in [-0.25, -0.2) is 4.39 Å². The number of carbonyl (C=O) groups is 2. The van der Waals surface area contributed by atoms with E-state index in [1.165, 1.54) is 18.2 Å². The number of Topliss-reactive ketones (excluding diaryl/α,β-unsaturated/α-hetero) is 1. The van der Waals surface area contributed by atoms with Crippen molar-refractivity contribution in [3.05, 3.63) is 82.8 Å². The molecule has 5 nitrogen and oxygen atoms in total. The van der Waals surface area contributed by atoms with Crippen molar-refractivity contribution >= 4 is 11.8 Å². The third-order valence-electron chi connectivity index (χ3n) is 4.37. The Hall–Kier alpha value is -3.15. The average molecular weight is 369 g/mol. The summed E-state index contributed by atoms with van der Waals surface area (Å²) >= 11 is 0. The summed E-state index contributed by atoms with van der Waals surface area (Å²) in [4.78, 5) is 24.4. The molecule has 2 aromatic heterocycles. The van der Waals surface area contributed by atoms with Crippen molar-refractivity contribution in [1.82, 2.24) is 4.57 Å². The van der Waals surface area contributed by atoms with E-state index in [9.17, 15) is 14.0 Å². The Bertz CT molecular complexity index is 957. The van der Waals surface area contributed by atoms with Gasteiger partial charge in [0.15, 0.2) is 6.61 Å². The highest BCUT2D eigenvalue weighted by atomic mass is 19.1. The smallest absolute Gasteiger partial charge is 0.310 e. The normalized spacial score (nSPS) is 10.8. The van der Waals surface area contributed by atoms with Crippen molar-refractivity contribution in [2.45, 2.75) is 26.8 Å². The predicted octanol–water partition coefficient (Wildman–Crippen LogP) is 3.85. The highest BCUT2D eigenvalue weighted by Crippen LogP contribution is 2.18. The third-order valence-corrected chi connectivity index (χ3v) is 4.37. The van der Waals surface area contributed by atoms with Gasteiger partial charge in [0, 0.05) is 17.0 Å². The minimum Gasteiger partial charge on any atom is -0.467 e. The molecule has 0 amide bonds. The quantitative estimate of drug-likeness (QED) is 0.469. The van der Waals surface area contributed by atoms with Crippen LogP contribution < -0.4 is 0 Å². The van der Waals surface area contributed by atoms with Gasteiger partial charge in [-0.05, 0) is 49.7 Å². The van der Waals surface area contributed by atoms with Crippen LogP contribution in [-0.2, 0) is 22.5 Å². The van der Waals surface area contributed by atoms with E-state index in [0.717, 1.165) is 17.1 Å². The molecule has 0 aliphatic carbocycles. The van der Waals surface area contributed by atoms with Crippen molar-refractivity contribution in [1.29, 1.82) is 0 Å². The number of nitrogens with zero attached hydrogens (tertiary/aromatic N) is 1. The molecule has 0 saturated carbocycles. The van der Waals surface area contributed by atoms with E-state index in [1.807, 2.05) is 30.5 Å². The summed E-state index contributed by atoms with van der Waals surface area (Å²) in [5.41, 5.74) is 2.72. The molecule has 0 N–H and O–H groups in total. The highest BCUT2D eigenvalue weighted by molar-refractivity contribution is 5.99. The van der Waals surface area contributed by atoms with Gasteiger partial charge in [0.2, 0.25) is 5.78 Å². The molecule has 0 fully saturated rings. The van der Waals surface area contributed by atoms with Crippen LogP contribution in [0.1, 0.15) is 33.1 Å². The number of hydrogen-bond acceptors (Lipinski definition) is 4. The van der Waals surface area contributed by atoms with Gasteiger partial charge in [0.1, 0.15) is 11.6 Å². The molecule has 0 saturated heterocycles. The summed E-state index contributed by atoms with van der Waals surface area (Å²) in [6.45, 7) is 3.93. The molecule has 3 aromatic rings. The second-order valence-electron chi connectivity index (χ2n) is 6.34. The molecule has 3 rings (SSSR count). The number of ether oxygens (including phenoxy) is 1. The van der Waals surface area contributed by atoms with E-state index >= 15 is 0 Å². The molecule has 0 unspecified atom stereocenters. The maximum Gasteiger partial charge on any atom is 0.310 e. The average Bonchev–Trinajstić information content (AvgIpc) is 3.23. The number of hydrogen-bond donors (Lipinski definition) is 0. The van der Waals surface area contributed by atoms with Crippen molar-refractivity contribution < 1.29 is 23.1 Å². The minimum atomic E-state index is -0.571. The largest absolute Gasteiger partial charge is 0.467 e. The molecule has 0 bridgehead atoms. The van der Waals surface area contributed by atoms with Gasteiger partial charge in [-0.1, -0.05) is 12.1 Å². The molecule has 0 aliphatic rings. The summed E-state index contributed by atoms with van der Waals surface area (Å²) in [6.07, 6.45) is 1.52. The molecule has 0 radical (unpaired) electrons. The lowest BCUT2D eigenvalue weighted by atomic mass is 10.1. The Morgan fingerprint density at radius 2 is 1.96 bits per heavy atom. The van der Waals surface area contributed by atoms with Crippen LogP contribution in [0.5, 0.6) is 0 Å². The SMILES string of the molecule is Cc1cc(C(=O)COC(=O)Cc2cccc(F)c2)c(C)n1Cc1ccco1. The van der Waals surface area contributed by atoms with Crippen LogP contribution in [-0.4, -0.2) is 22.9 Å². The monoisotopic (exact) mass is 369 g/mol. The molecule has 0 aliphatic heterocycles. The molecule has 1 aromatic carbocycles. The zero-order chi connectivity index (χ0) is 19.4. The van der Waals surface area contributed by atoms with Crippen LogP contribution in [0.3, 0.4) is 0 Å². The number of esters is 1. The lowest BCUT2D eigenvalue weighted by Gasteiger charge is -2.08. The number of aryl methyl sites for hydroxylation is 1. The standard InChI is InChI=1S/C21H20FNO4/c1-14-9-19(15(2)23(14)12-18-7-4-8-26-18)20(24)13-27-21(25)11-16-5-3-6-17(22)10-16/h3-10H,11-13H2,1-2H3. The van der Waals surface area contributed by atoms with Gasteiger partial charge in [-0.2, -0.15) is 0 Å².